The maximum Gasteiger partial charge on any atom is 0.278 e. The number of hydrogen-bond acceptors (Lipinski definition) is 4. The lowest BCUT2D eigenvalue weighted by Crippen LogP contribution is -2.38. The summed E-state index contributed by atoms with van der Waals surface area (Å²) in [5.41, 5.74) is 4.99. The van der Waals surface area contributed by atoms with Crippen LogP contribution in [0.5, 0.6) is 5.75 Å². The minimum absolute atomic E-state index is 0.198. The molecule has 5 nitrogen and oxygen atoms in total. The van der Waals surface area contributed by atoms with Gasteiger partial charge in [0.05, 0.1) is 19.2 Å². The summed E-state index contributed by atoms with van der Waals surface area (Å²) in [4.78, 5) is 30.7. The van der Waals surface area contributed by atoms with E-state index in [1.165, 1.54) is 10.5 Å². The van der Waals surface area contributed by atoms with Gasteiger partial charge in [-0.3, -0.25) is 14.5 Å². The van der Waals surface area contributed by atoms with E-state index in [0.29, 0.717) is 22.9 Å². The number of rotatable bonds is 5. The Morgan fingerprint density at radius 1 is 0.968 bits per heavy atom. The van der Waals surface area contributed by atoms with Gasteiger partial charge in [-0.25, -0.2) is 0 Å². The molecule has 0 bridgehead atoms. The number of ether oxygens (including phenoxy) is 1. The molecule has 2 heterocycles. The molecule has 0 atom stereocenters. The fourth-order valence-electron chi connectivity index (χ4n) is 4.39. The van der Waals surface area contributed by atoms with Crippen molar-refractivity contribution in [1.82, 2.24) is 9.80 Å². The number of para-hydroxylation sites is 1. The van der Waals surface area contributed by atoms with Crippen molar-refractivity contribution in [3.8, 4) is 5.75 Å². The van der Waals surface area contributed by atoms with Crippen LogP contribution in [0, 0.1) is 19.8 Å². The number of carbonyl (C=O) groups is 2. The molecule has 2 amide bonds. The molecule has 2 aromatic carbocycles. The van der Waals surface area contributed by atoms with E-state index in [9.17, 15) is 9.59 Å². The van der Waals surface area contributed by atoms with E-state index in [-0.39, 0.29) is 18.4 Å². The van der Waals surface area contributed by atoms with Crippen LogP contribution in [-0.2, 0) is 16.1 Å². The average Bonchev–Trinajstić information content (AvgIpc) is 3.01. The van der Waals surface area contributed by atoms with E-state index in [1.54, 1.807) is 7.11 Å². The first-order chi connectivity index (χ1) is 14.9. The van der Waals surface area contributed by atoms with E-state index in [4.69, 9.17) is 4.74 Å². The number of aryl methyl sites for hydroxylation is 2. The summed E-state index contributed by atoms with van der Waals surface area (Å²) in [5.74, 6) is 0.876. The molecule has 1 fully saturated rings. The smallest absolute Gasteiger partial charge is 0.278 e. The zero-order valence-electron chi connectivity index (χ0n) is 18.8. The average molecular weight is 419 g/mol. The third-order valence-electron chi connectivity index (χ3n) is 6.56. The van der Waals surface area contributed by atoms with Crippen molar-refractivity contribution in [3.05, 3.63) is 70.4 Å². The van der Waals surface area contributed by atoms with Gasteiger partial charge in [0.15, 0.2) is 0 Å². The molecule has 31 heavy (non-hydrogen) atoms. The van der Waals surface area contributed by atoms with Gasteiger partial charge in [-0.15, -0.1) is 0 Å². The number of hydrogen-bond donors (Lipinski definition) is 0. The molecule has 1 saturated heterocycles. The van der Waals surface area contributed by atoms with Gasteiger partial charge >= 0.3 is 0 Å². The van der Waals surface area contributed by atoms with Crippen molar-refractivity contribution in [1.29, 1.82) is 0 Å². The summed E-state index contributed by atoms with van der Waals surface area (Å²) in [5, 5.41) is 0. The Labute approximate surface area is 184 Å². The zero-order valence-corrected chi connectivity index (χ0v) is 18.8. The minimum Gasteiger partial charge on any atom is -0.496 e. The van der Waals surface area contributed by atoms with Crippen LogP contribution in [0.25, 0.3) is 5.57 Å². The first kappa shape index (κ1) is 21.2. The molecule has 0 aromatic heterocycles. The molecule has 0 aliphatic carbocycles. The quantitative estimate of drug-likeness (QED) is 0.679. The Kier molecular flexibility index (Phi) is 5.86. The predicted molar refractivity (Wildman–Crippen MR) is 121 cm³/mol. The molecule has 0 saturated carbocycles. The van der Waals surface area contributed by atoms with Crippen molar-refractivity contribution in [2.45, 2.75) is 40.2 Å². The van der Waals surface area contributed by atoms with E-state index >= 15 is 0 Å². The number of carbonyl (C=O) groups excluding carboxylic acids is 2. The number of likely N-dealkylation sites (tertiary alicyclic amines) is 1. The Balaban J connectivity index is 1.75. The van der Waals surface area contributed by atoms with E-state index in [0.717, 1.165) is 42.6 Å². The molecule has 0 N–H and O–H groups in total. The summed E-state index contributed by atoms with van der Waals surface area (Å²) >= 11 is 0. The fourth-order valence-corrected chi connectivity index (χ4v) is 4.39. The van der Waals surface area contributed by atoms with Crippen LogP contribution in [0.15, 0.2) is 48.2 Å². The van der Waals surface area contributed by atoms with E-state index in [2.05, 4.69) is 18.7 Å². The molecule has 2 aliphatic heterocycles. The molecule has 0 spiro atoms. The first-order valence-corrected chi connectivity index (χ1v) is 11.0. The lowest BCUT2D eigenvalue weighted by atomic mass is 9.96. The van der Waals surface area contributed by atoms with Gasteiger partial charge in [0, 0.05) is 18.7 Å². The second kappa shape index (κ2) is 8.58. The topological polar surface area (TPSA) is 49.9 Å². The lowest BCUT2D eigenvalue weighted by molar-refractivity contribution is -0.138. The summed E-state index contributed by atoms with van der Waals surface area (Å²) in [6.45, 7) is 8.12. The molecular weight excluding hydrogens is 388 g/mol. The molecule has 4 rings (SSSR count). The molecule has 162 valence electrons. The van der Waals surface area contributed by atoms with Gasteiger partial charge in [0.25, 0.3) is 11.8 Å². The van der Waals surface area contributed by atoms with Gasteiger partial charge in [0.2, 0.25) is 0 Å². The van der Waals surface area contributed by atoms with Crippen LogP contribution in [0.4, 0.5) is 0 Å². The molecule has 0 radical (unpaired) electrons. The third kappa shape index (κ3) is 3.97. The van der Waals surface area contributed by atoms with Crippen LogP contribution in [0.1, 0.15) is 42.0 Å². The first-order valence-electron chi connectivity index (χ1n) is 11.0. The standard InChI is InChI=1S/C26H30N2O3/c1-17-11-13-27(14-12-17)24-23(20-10-9-18(2)19(3)15-20)25(29)28(26(24)30)16-21-7-5-6-8-22(21)31-4/h5-10,15,17H,11-14,16H2,1-4H3. The summed E-state index contributed by atoms with van der Waals surface area (Å²) in [6, 6.07) is 13.5. The Hall–Kier alpha value is -3.08. The molecule has 2 aromatic rings. The highest BCUT2D eigenvalue weighted by Crippen LogP contribution is 2.36. The van der Waals surface area contributed by atoms with Gasteiger partial charge in [-0.1, -0.05) is 43.3 Å². The third-order valence-corrected chi connectivity index (χ3v) is 6.56. The lowest BCUT2D eigenvalue weighted by Gasteiger charge is -2.32. The summed E-state index contributed by atoms with van der Waals surface area (Å²) in [7, 11) is 1.60. The Bertz CT molecular complexity index is 1050. The molecule has 2 aliphatic rings. The number of nitrogens with zero attached hydrogens (tertiary/aromatic N) is 2. The number of amides is 2. The van der Waals surface area contributed by atoms with Crippen LogP contribution < -0.4 is 4.74 Å². The maximum absolute atomic E-state index is 13.6. The summed E-state index contributed by atoms with van der Waals surface area (Å²) in [6.07, 6.45) is 2.05. The van der Waals surface area contributed by atoms with Gasteiger partial charge < -0.3 is 9.64 Å². The number of benzene rings is 2. The highest BCUT2D eigenvalue weighted by molar-refractivity contribution is 6.35. The van der Waals surface area contributed by atoms with Gasteiger partial charge in [-0.2, -0.15) is 0 Å². The van der Waals surface area contributed by atoms with Crippen molar-refractivity contribution >= 4 is 17.4 Å². The van der Waals surface area contributed by atoms with Crippen LogP contribution in [-0.4, -0.2) is 41.8 Å². The second-order valence-corrected chi connectivity index (χ2v) is 8.70. The second-order valence-electron chi connectivity index (χ2n) is 8.70. The number of methoxy groups -OCH3 is 1. The summed E-state index contributed by atoms with van der Waals surface area (Å²) < 4.78 is 5.45. The van der Waals surface area contributed by atoms with Crippen LogP contribution in [0.2, 0.25) is 0 Å². The Morgan fingerprint density at radius 2 is 1.68 bits per heavy atom. The fraction of sp³-hybridized carbons (Fsp3) is 0.385. The zero-order chi connectivity index (χ0) is 22.1. The van der Waals surface area contributed by atoms with Gasteiger partial charge in [0.1, 0.15) is 11.4 Å². The Morgan fingerprint density at radius 3 is 2.35 bits per heavy atom. The highest BCUT2D eigenvalue weighted by Gasteiger charge is 2.42. The van der Waals surface area contributed by atoms with Crippen molar-refractivity contribution in [2.24, 2.45) is 5.92 Å². The minimum atomic E-state index is -0.229. The van der Waals surface area contributed by atoms with Crippen molar-refractivity contribution < 1.29 is 14.3 Å². The van der Waals surface area contributed by atoms with E-state index in [1.807, 2.05) is 49.4 Å². The van der Waals surface area contributed by atoms with Crippen LogP contribution in [0.3, 0.4) is 0 Å². The van der Waals surface area contributed by atoms with Crippen LogP contribution >= 0.6 is 0 Å². The highest BCUT2D eigenvalue weighted by atomic mass is 16.5. The maximum atomic E-state index is 13.6. The molecule has 5 heteroatoms. The van der Waals surface area contributed by atoms with Crippen molar-refractivity contribution in [2.75, 3.05) is 20.2 Å². The SMILES string of the molecule is COc1ccccc1CN1C(=O)C(c2ccc(C)c(C)c2)=C(N2CCC(C)CC2)C1=O. The van der Waals surface area contributed by atoms with E-state index < -0.39 is 0 Å². The molecular formula is C26H30N2O3. The number of imide groups is 1. The normalized spacial score (nSPS) is 17.7. The monoisotopic (exact) mass is 418 g/mol. The molecule has 0 unspecified atom stereocenters. The van der Waals surface area contributed by atoms with Gasteiger partial charge in [-0.05, 0) is 55.4 Å². The number of piperidine rings is 1. The van der Waals surface area contributed by atoms with Crippen molar-refractivity contribution in [3.63, 3.8) is 0 Å². The largest absolute Gasteiger partial charge is 0.496 e. The predicted octanol–water partition coefficient (Wildman–Crippen LogP) is 4.32.